The van der Waals surface area contributed by atoms with Gasteiger partial charge in [-0.15, -0.1) is 0 Å². The van der Waals surface area contributed by atoms with Crippen LogP contribution in [-0.2, 0) is 6.61 Å². The predicted octanol–water partition coefficient (Wildman–Crippen LogP) is 2.76. The number of aromatic nitrogens is 1. The zero-order chi connectivity index (χ0) is 14.4. The zero-order valence-corrected chi connectivity index (χ0v) is 11.1. The van der Waals surface area contributed by atoms with Crippen LogP contribution in [0.3, 0.4) is 0 Å². The second-order valence-electron chi connectivity index (χ2n) is 4.05. The lowest BCUT2D eigenvalue weighted by Crippen LogP contribution is -2.01. The molecule has 0 atom stereocenters. The van der Waals surface area contributed by atoms with Gasteiger partial charge in [0.15, 0.2) is 0 Å². The highest BCUT2D eigenvalue weighted by atomic mass is 16.5. The number of hydrogen-bond acceptors (Lipinski definition) is 4. The number of hydrogen-bond donors (Lipinski definition) is 1. The molecule has 1 aromatic carbocycles. The third-order valence-electron chi connectivity index (χ3n) is 2.60. The Morgan fingerprint density at radius 3 is 2.35 bits per heavy atom. The van der Waals surface area contributed by atoms with Crippen molar-refractivity contribution in [2.75, 3.05) is 6.61 Å². The predicted molar refractivity (Wildman–Crippen MR) is 73.1 cm³/mol. The Kier molecular flexibility index (Phi) is 4.55. The van der Waals surface area contributed by atoms with Crippen molar-refractivity contribution < 1.29 is 19.4 Å². The number of ether oxygens (including phenoxy) is 2. The van der Waals surface area contributed by atoms with Gasteiger partial charge in [-0.05, 0) is 36.8 Å². The molecule has 0 fully saturated rings. The Morgan fingerprint density at radius 2 is 1.80 bits per heavy atom. The quantitative estimate of drug-likeness (QED) is 0.876. The van der Waals surface area contributed by atoms with E-state index in [1.54, 1.807) is 6.07 Å². The lowest BCUT2D eigenvalue weighted by atomic mass is 10.2. The van der Waals surface area contributed by atoms with E-state index in [1.165, 1.54) is 12.3 Å². The number of carboxylic acids is 1. The van der Waals surface area contributed by atoms with Crippen LogP contribution in [0.25, 0.3) is 0 Å². The molecule has 0 radical (unpaired) electrons. The molecule has 0 aliphatic heterocycles. The normalized spacial score (nSPS) is 10.1. The summed E-state index contributed by atoms with van der Waals surface area (Å²) in [7, 11) is 0. The van der Waals surface area contributed by atoms with Crippen molar-refractivity contribution in [2.24, 2.45) is 0 Å². The van der Waals surface area contributed by atoms with Gasteiger partial charge < -0.3 is 14.6 Å². The molecule has 0 aliphatic carbocycles. The monoisotopic (exact) mass is 273 g/mol. The maximum absolute atomic E-state index is 10.7. The fourth-order valence-corrected chi connectivity index (χ4v) is 1.61. The first kappa shape index (κ1) is 13.9. The highest BCUT2D eigenvalue weighted by Crippen LogP contribution is 2.15. The van der Waals surface area contributed by atoms with Gasteiger partial charge in [0.05, 0.1) is 12.8 Å². The Labute approximate surface area is 116 Å². The van der Waals surface area contributed by atoms with Gasteiger partial charge in [-0.25, -0.2) is 9.78 Å². The number of carbonyl (C=O) groups is 1. The van der Waals surface area contributed by atoms with Crippen LogP contribution in [0.2, 0.25) is 0 Å². The topological polar surface area (TPSA) is 68.7 Å². The lowest BCUT2D eigenvalue weighted by Gasteiger charge is -2.07. The van der Waals surface area contributed by atoms with Gasteiger partial charge in [0.2, 0.25) is 0 Å². The molecule has 0 spiro atoms. The molecule has 1 N–H and O–H groups in total. The van der Waals surface area contributed by atoms with E-state index in [0.29, 0.717) is 19.0 Å². The van der Waals surface area contributed by atoms with Crippen LogP contribution in [0, 0.1) is 0 Å². The molecule has 0 amide bonds. The van der Waals surface area contributed by atoms with Crippen molar-refractivity contribution in [2.45, 2.75) is 13.5 Å². The van der Waals surface area contributed by atoms with E-state index in [9.17, 15) is 4.79 Å². The Hall–Kier alpha value is -2.56. The number of aromatic carboxylic acids is 1. The van der Waals surface area contributed by atoms with E-state index in [2.05, 4.69) is 4.98 Å². The fraction of sp³-hybridized carbons (Fsp3) is 0.200. The maximum atomic E-state index is 10.7. The van der Waals surface area contributed by atoms with E-state index < -0.39 is 5.97 Å². The summed E-state index contributed by atoms with van der Waals surface area (Å²) in [6, 6.07) is 10.6. The van der Waals surface area contributed by atoms with Crippen LogP contribution in [-0.4, -0.2) is 22.7 Å². The smallest absolute Gasteiger partial charge is 0.354 e. The Bertz CT molecular complexity index is 563. The van der Waals surface area contributed by atoms with Crippen LogP contribution >= 0.6 is 0 Å². The van der Waals surface area contributed by atoms with E-state index in [4.69, 9.17) is 14.6 Å². The van der Waals surface area contributed by atoms with Crippen LogP contribution in [0.1, 0.15) is 23.0 Å². The van der Waals surface area contributed by atoms with Gasteiger partial charge in [-0.3, -0.25) is 0 Å². The molecular weight excluding hydrogens is 258 g/mol. The highest BCUT2D eigenvalue weighted by molar-refractivity contribution is 5.85. The molecule has 5 heteroatoms. The second kappa shape index (κ2) is 6.56. The average Bonchev–Trinajstić information content (AvgIpc) is 2.47. The van der Waals surface area contributed by atoms with E-state index in [0.717, 1.165) is 11.3 Å². The number of rotatable bonds is 6. The Morgan fingerprint density at radius 1 is 1.10 bits per heavy atom. The standard InChI is InChI=1S/C15H15NO4/c1-2-19-12-5-3-11(4-6-12)10-20-13-7-8-14(15(17)18)16-9-13/h3-9H,2,10H2,1H3,(H,17,18). The van der Waals surface area contributed by atoms with Crippen LogP contribution in [0.15, 0.2) is 42.6 Å². The molecule has 5 nitrogen and oxygen atoms in total. The average molecular weight is 273 g/mol. The minimum Gasteiger partial charge on any atom is -0.494 e. The molecule has 2 rings (SSSR count). The minimum absolute atomic E-state index is 0.00147. The minimum atomic E-state index is -1.05. The van der Waals surface area contributed by atoms with Crippen molar-refractivity contribution in [3.8, 4) is 11.5 Å². The number of nitrogens with zero attached hydrogens (tertiary/aromatic N) is 1. The summed E-state index contributed by atoms with van der Waals surface area (Å²) in [5.41, 5.74) is 0.995. The van der Waals surface area contributed by atoms with Crippen molar-refractivity contribution in [1.29, 1.82) is 0 Å². The molecule has 2 aromatic rings. The maximum Gasteiger partial charge on any atom is 0.354 e. The van der Waals surface area contributed by atoms with Gasteiger partial charge in [0.25, 0.3) is 0 Å². The lowest BCUT2D eigenvalue weighted by molar-refractivity contribution is 0.0690. The Balaban J connectivity index is 1.92. The van der Waals surface area contributed by atoms with Crippen LogP contribution in [0.5, 0.6) is 11.5 Å². The molecule has 0 bridgehead atoms. The summed E-state index contributed by atoms with van der Waals surface area (Å²) in [5.74, 6) is 0.302. The summed E-state index contributed by atoms with van der Waals surface area (Å²) in [4.78, 5) is 14.4. The summed E-state index contributed by atoms with van der Waals surface area (Å²) in [6.45, 7) is 2.96. The molecule has 104 valence electrons. The zero-order valence-electron chi connectivity index (χ0n) is 11.1. The second-order valence-corrected chi connectivity index (χ2v) is 4.05. The summed E-state index contributed by atoms with van der Waals surface area (Å²) in [6.07, 6.45) is 1.40. The van der Waals surface area contributed by atoms with Crippen molar-refractivity contribution in [3.05, 3.63) is 53.9 Å². The molecule has 1 heterocycles. The van der Waals surface area contributed by atoms with Crippen LogP contribution in [0.4, 0.5) is 0 Å². The third-order valence-corrected chi connectivity index (χ3v) is 2.60. The number of pyridine rings is 1. The molecule has 0 saturated heterocycles. The van der Waals surface area contributed by atoms with E-state index in [-0.39, 0.29) is 5.69 Å². The SMILES string of the molecule is CCOc1ccc(COc2ccc(C(=O)O)nc2)cc1. The van der Waals surface area contributed by atoms with Gasteiger partial charge in [-0.1, -0.05) is 12.1 Å². The van der Waals surface area contributed by atoms with Crippen molar-refractivity contribution in [1.82, 2.24) is 4.98 Å². The van der Waals surface area contributed by atoms with Crippen molar-refractivity contribution >= 4 is 5.97 Å². The van der Waals surface area contributed by atoms with E-state index >= 15 is 0 Å². The molecule has 0 unspecified atom stereocenters. The highest BCUT2D eigenvalue weighted by Gasteiger charge is 2.04. The van der Waals surface area contributed by atoms with Crippen LogP contribution < -0.4 is 9.47 Å². The summed E-state index contributed by atoms with van der Waals surface area (Å²) in [5, 5.41) is 8.74. The summed E-state index contributed by atoms with van der Waals surface area (Å²) >= 11 is 0. The van der Waals surface area contributed by atoms with Gasteiger partial charge in [0.1, 0.15) is 23.8 Å². The van der Waals surface area contributed by atoms with Crippen molar-refractivity contribution in [3.63, 3.8) is 0 Å². The van der Waals surface area contributed by atoms with Gasteiger partial charge in [-0.2, -0.15) is 0 Å². The summed E-state index contributed by atoms with van der Waals surface area (Å²) < 4.78 is 10.9. The first-order valence-electron chi connectivity index (χ1n) is 6.23. The largest absolute Gasteiger partial charge is 0.494 e. The first-order valence-corrected chi connectivity index (χ1v) is 6.23. The van der Waals surface area contributed by atoms with Gasteiger partial charge in [0, 0.05) is 0 Å². The molecule has 20 heavy (non-hydrogen) atoms. The van der Waals surface area contributed by atoms with Gasteiger partial charge >= 0.3 is 5.97 Å². The third kappa shape index (κ3) is 3.71. The number of benzene rings is 1. The molecular formula is C15H15NO4. The van der Waals surface area contributed by atoms with E-state index in [1.807, 2.05) is 31.2 Å². The first-order chi connectivity index (χ1) is 9.69. The fourth-order valence-electron chi connectivity index (χ4n) is 1.61. The molecule has 0 saturated carbocycles. The molecule has 0 aliphatic rings. The number of carboxylic acid groups (broad SMARTS) is 1. The molecule has 1 aromatic heterocycles.